The van der Waals surface area contributed by atoms with E-state index >= 15 is 0 Å². The van der Waals surface area contributed by atoms with E-state index < -0.39 is 0 Å². The fourth-order valence-electron chi connectivity index (χ4n) is 5.02. The van der Waals surface area contributed by atoms with E-state index in [9.17, 15) is 4.79 Å². The zero-order chi connectivity index (χ0) is 27.1. The second-order valence-corrected chi connectivity index (χ2v) is 10.9. The van der Waals surface area contributed by atoms with Crippen LogP contribution in [0.4, 0.5) is 5.13 Å². The minimum Gasteiger partial charge on any atom is -0.339 e. The standard InChI is InChI=1S/C34H32N4OS/c39-33(37-21-19-35-20-22-37)31-13-11-27(12-14-31)24-38(23-26-7-3-1-4-8-26)34-36-32(25-40-34)30-17-15-29(16-18-30)28-9-5-2-6-10-28/h1-18,25,35H,19-24H2. The van der Waals surface area contributed by atoms with Gasteiger partial charge in [-0.15, -0.1) is 11.3 Å². The summed E-state index contributed by atoms with van der Waals surface area (Å²) in [7, 11) is 0. The fraction of sp³-hybridized carbons (Fsp3) is 0.176. The maximum absolute atomic E-state index is 12.9. The van der Waals surface area contributed by atoms with Crippen molar-refractivity contribution in [2.75, 3.05) is 31.1 Å². The number of carbonyl (C=O) groups excluding carboxylic acids is 1. The number of aromatic nitrogens is 1. The topological polar surface area (TPSA) is 48.5 Å². The van der Waals surface area contributed by atoms with Crippen molar-refractivity contribution in [3.05, 3.63) is 131 Å². The summed E-state index contributed by atoms with van der Waals surface area (Å²) in [5.74, 6) is 0.108. The van der Waals surface area contributed by atoms with Crippen LogP contribution < -0.4 is 10.2 Å². The molecule has 0 bridgehead atoms. The molecular formula is C34H32N4OS. The Labute approximate surface area is 239 Å². The third-order valence-electron chi connectivity index (χ3n) is 7.25. The summed E-state index contributed by atoms with van der Waals surface area (Å²) in [6.07, 6.45) is 0. The summed E-state index contributed by atoms with van der Waals surface area (Å²) in [5, 5.41) is 6.42. The molecule has 1 fully saturated rings. The quantitative estimate of drug-likeness (QED) is 0.235. The van der Waals surface area contributed by atoms with E-state index in [0.29, 0.717) is 6.54 Å². The maximum atomic E-state index is 12.9. The third kappa shape index (κ3) is 6.14. The zero-order valence-electron chi connectivity index (χ0n) is 22.4. The molecule has 0 spiro atoms. The van der Waals surface area contributed by atoms with E-state index in [4.69, 9.17) is 4.98 Å². The van der Waals surface area contributed by atoms with E-state index in [1.807, 2.05) is 29.2 Å². The Morgan fingerprint density at radius 2 is 1.30 bits per heavy atom. The van der Waals surface area contributed by atoms with E-state index in [0.717, 1.165) is 60.2 Å². The van der Waals surface area contributed by atoms with Gasteiger partial charge in [0.2, 0.25) is 0 Å². The van der Waals surface area contributed by atoms with Crippen molar-refractivity contribution in [2.24, 2.45) is 0 Å². The highest BCUT2D eigenvalue weighted by atomic mass is 32.1. The van der Waals surface area contributed by atoms with Crippen LogP contribution in [0.1, 0.15) is 21.5 Å². The van der Waals surface area contributed by atoms with Crippen molar-refractivity contribution in [2.45, 2.75) is 13.1 Å². The van der Waals surface area contributed by atoms with Crippen molar-refractivity contribution >= 4 is 22.4 Å². The summed E-state index contributed by atoms with van der Waals surface area (Å²) < 4.78 is 0. The van der Waals surface area contributed by atoms with E-state index in [-0.39, 0.29) is 5.91 Å². The van der Waals surface area contributed by atoms with Crippen LogP contribution in [0, 0.1) is 0 Å². The lowest BCUT2D eigenvalue weighted by Crippen LogP contribution is -2.46. The summed E-state index contributed by atoms with van der Waals surface area (Å²) in [6.45, 7) is 4.68. The molecule has 5 aromatic rings. The summed E-state index contributed by atoms with van der Waals surface area (Å²) >= 11 is 1.67. The molecule has 1 N–H and O–H groups in total. The molecule has 0 radical (unpaired) electrons. The van der Waals surface area contributed by atoms with Crippen molar-refractivity contribution in [3.63, 3.8) is 0 Å². The SMILES string of the molecule is O=C(c1ccc(CN(Cc2ccccc2)c2nc(-c3ccc(-c4ccccc4)cc3)cs2)cc1)N1CCNCC1. The van der Waals surface area contributed by atoms with Crippen LogP contribution in [0.2, 0.25) is 0 Å². The average molecular weight is 545 g/mol. The molecule has 6 rings (SSSR count). The van der Waals surface area contributed by atoms with Crippen LogP contribution in [0.5, 0.6) is 0 Å². The Bertz CT molecular complexity index is 1530. The highest BCUT2D eigenvalue weighted by Gasteiger charge is 2.19. The number of benzene rings is 4. The molecule has 2 heterocycles. The summed E-state index contributed by atoms with van der Waals surface area (Å²) in [4.78, 5) is 22.2. The molecule has 1 amide bonds. The Hall–Kier alpha value is -4.26. The van der Waals surface area contributed by atoms with Gasteiger partial charge in [0.25, 0.3) is 5.91 Å². The first-order chi connectivity index (χ1) is 19.7. The molecule has 5 nitrogen and oxygen atoms in total. The van der Waals surface area contributed by atoms with E-state index in [1.54, 1.807) is 11.3 Å². The smallest absolute Gasteiger partial charge is 0.253 e. The lowest BCUT2D eigenvalue weighted by atomic mass is 10.0. The van der Waals surface area contributed by atoms with Gasteiger partial charge in [0.05, 0.1) is 5.69 Å². The normalized spacial score (nSPS) is 13.2. The number of rotatable bonds is 8. The van der Waals surface area contributed by atoms with Crippen molar-refractivity contribution in [1.29, 1.82) is 0 Å². The molecule has 1 saturated heterocycles. The molecule has 0 saturated carbocycles. The number of anilines is 1. The molecular weight excluding hydrogens is 512 g/mol. The first kappa shape index (κ1) is 26.0. The number of hydrogen-bond donors (Lipinski definition) is 1. The van der Waals surface area contributed by atoms with Gasteiger partial charge in [-0.05, 0) is 34.4 Å². The molecule has 0 unspecified atom stereocenters. The Kier molecular flexibility index (Phi) is 7.98. The van der Waals surface area contributed by atoms with Crippen molar-refractivity contribution < 1.29 is 4.79 Å². The second kappa shape index (κ2) is 12.3. The molecule has 1 aromatic heterocycles. The van der Waals surface area contributed by atoms with Crippen LogP contribution in [0.15, 0.2) is 115 Å². The zero-order valence-corrected chi connectivity index (χ0v) is 23.2. The Morgan fingerprint density at radius 1 is 0.725 bits per heavy atom. The van der Waals surface area contributed by atoms with Gasteiger partial charge >= 0.3 is 0 Å². The number of nitrogens with one attached hydrogen (secondary N) is 1. The lowest BCUT2D eigenvalue weighted by molar-refractivity contribution is 0.0736. The van der Waals surface area contributed by atoms with Gasteiger partial charge in [-0.1, -0.05) is 97.1 Å². The van der Waals surface area contributed by atoms with Gasteiger partial charge < -0.3 is 15.1 Å². The molecule has 1 aliphatic rings. The predicted molar refractivity (Wildman–Crippen MR) is 165 cm³/mol. The summed E-state index contributed by atoms with van der Waals surface area (Å²) in [6, 6.07) is 37.6. The monoisotopic (exact) mass is 544 g/mol. The largest absolute Gasteiger partial charge is 0.339 e. The molecule has 40 heavy (non-hydrogen) atoms. The molecule has 0 aliphatic carbocycles. The van der Waals surface area contributed by atoms with Crippen LogP contribution in [-0.2, 0) is 13.1 Å². The van der Waals surface area contributed by atoms with Gasteiger partial charge in [0.15, 0.2) is 5.13 Å². The van der Waals surface area contributed by atoms with Crippen LogP contribution >= 0.6 is 11.3 Å². The highest BCUT2D eigenvalue weighted by molar-refractivity contribution is 7.14. The van der Waals surface area contributed by atoms with Crippen molar-refractivity contribution in [1.82, 2.24) is 15.2 Å². The molecule has 6 heteroatoms. The van der Waals surface area contributed by atoms with Gasteiger partial charge in [-0.25, -0.2) is 4.98 Å². The van der Waals surface area contributed by atoms with Crippen LogP contribution in [-0.4, -0.2) is 42.0 Å². The molecule has 200 valence electrons. The predicted octanol–water partition coefficient (Wildman–Crippen LogP) is 6.73. The minimum atomic E-state index is 0.108. The van der Waals surface area contributed by atoms with Crippen LogP contribution in [0.3, 0.4) is 0 Å². The van der Waals surface area contributed by atoms with Crippen molar-refractivity contribution in [3.8, 4) is 22.4 Å². The summed E-state index contributed by atoms with van der Waals surface area (Å²) in [5.41, 5.74) is 7.63. The minimum absolute atomic E-state index is 0.108. The van der Waals surface area contributed by atoms with Crippen LogP contribution in [0.25, 0.3) is 22.4 Å². The van der Waals surface area contributed by atoms with E-state index in [1.165, 1.54) is 16.7 Å². The van der Waals surface area contributed by atoms with E-state index in [2.05, 4.69) is 101 Å². The number of piperazine rings is 1. The van der Waals surface area contributed by atoms with Gasteiger partial charge in [-0.2, -0.15) is 0 Å². The number of nitrogens with zero attached hydrogens (tertiary/aromatic N) is 3. The van der Waals surface area contributed by atoms with Gasteiger partial charge in [0.1, 0.15) is 0 Å². The van der Waals surface area contributed by atoms with Gasteiger partial charge in [-0.3, -0.25) is 4.79 Å². The van der Waals surface area contributed by atoms with Gasteiger partial charge in [0, 0.05) is 55.8 Å². The molecule has 1 aliphatic heterocycles. The first-order valence-corrected chi connectivity index (χ1v) is 14.6. The lowest BCUT2D eigenvalue weighted by Gasteiger charge is -2.27. The number of thiazole rings is 1. The fourth-order valence-corrected chi connectivity index (χ4v) is 5.86. The average Bonchev–Trinajstić information content (AvgIpc) is 3.53. The highest BCUT2D eigenvalue weighted by Crippen LogP contribution is 2.31. The second-order valence-electron chi connectivity index (χ2n) is 10.0. The molecule has 0 atom stereocenters. The molecule has 4 aromatic carbocycles. The number of hydrogen-bond acceptors (Lipinski definition) is 5. The number of carbonyl (C=O) groups is 1. The Morgan fingerprint density at radius 3 is 1.98 bits per heavy atom. The number of amides is 1. The first-order valence-electron chi connectivity index (χ1n) is 13.7. The third-order valence-corrected chi connectivity index (χ3v) is 8.15. The maximum Gasteiger partial charge on any atom is 0.253 e. The Balaban J connectivity index is 1.21.